The average Bonchev–Trinajstić information content (AvgIpc) is 2.16. The molecule has 0 saturated carbocycles. The van der Waals surface area contributed by atoms with E-state index in [0.717, 1.165) is 23.7 Å². The van der Waals surface area contributed by atoms with Crippen LogP contribution in [0.15, 0.2) is 11.5 Å². The molecule has 0 aromatic carbocycles. The molecule has 0 aliphatic heterocycles. The molecule has 0 spiro atoms. The van der Waals surface area contributed by atoms with Gasteiger partial charge in [0.15, 0.2) is 0 Å². The molecule has 0 aromatic rings. The van der Waals surface area contributed by atoms with Crippen LogP contribution in [0.3, 0.4) is 0 Å². The Bertz CT molecular complexity index is 241. The lowest BCUT2D eigenvalue weighted by Crippen LogP contribution is -2.20. The van der Waals surface area contributed by atoms with Crippen molar-refractivity contribution in [1.29, 1.82) is 0 Å². The fraction of sp³-hybridized carbons (Fsp3) is 0.700. The molecule has 0 aromatic heterocycles. The van der Waals surface area contributed by atoms with E-state index in [-0.39, 0.29) is 0 Å². The predicted octanol–water partition coefficient (Wildman–Crippen LogP) is 2.67. The molecular formula is C10H19NOS3. The van der Waals surface area contributed by atoms with E-state index in [1.54, 1.807) is 23.4 Å². The van der Waals surface area contributed by atoms with E-state index in [1.165, 1.54) is 0 Å². The van der Waals surface area contributed by atoms with Gasteiger partial charge in [-0.2, -0.15) is 0 Å². The second-order valence-corrected chi connectivity index (χ2v) is 6.59. The fourth-order valence-electron chi connectivity index (χ4n) is 0.769. The van der Waals surface area contributed by atoms with Gasteiger partial charge in [-0.05, 0) is 18.2 Å². The molecule has 1 N–H and O–H groups in total. The summed E-state index contributed by atoms with van der Waals surface area (Å²) in [5.74, 6) is 0. The van der Waals surface area contributed by atoms with Crippen molar-refractivity contribution in [3.8, 4) is 0 Å². The minimum atomic E-state index is -0.837. The van der Waals surface area contributed by atoms with Crippen LogP contribution in [0, 0.1) is 0 Å². The zero-order valence-electron chi connectivity index (χ0n) is 9.49. The van der Waals surface area contributed by atoms with Crippen molar-refractivity contribution in [3.05, 3.63) is 11.5 Å². The zero-order chi connectivity index (χ0) is 11.7. The van der Waals surface area contributed by atoms with Crippen molar-refractivity contribution in [2.24, 2.45) is 0 Å². The van der Waals surface area contributed by atoms with Crippen molar-refractivity contribution in [2.75, 3.05) is 12.8 Å². The quantitative estimate of drug-likeness (QED) is 0.590. The van der Waals surface area contributed by atoms with Gasteiger partial charge >= 0.3 is 0 Å². The first kappa shape index (κ1) is 15.1. The Hall–Kier alpha value is 0.130. The maximum absolute atomic E-state index is 10.7. The van der Waals surface area contributed by atoms with Crippen LogP contribution in [0.4, 0.5) is 0 Å². The number of hydrogen-bond donors (Lipinski definition) is 1. The summed E-state index contributed by atoms with van der Waals surface area (Å²) in [6.07, 6.45) is 5.56. The summed E-state index contributed by atoms with van der Waals surface area (Å²) in [6.45, 7) is 5.13. The lowest BCUT2D eigenvalue weighted by molar-refractivity contribution is 0.691. The van der Waals surface area contributed by atoms with Crippen LogP contribution < -0.4 is 5.32 Å². The molecule has 2 nitrogen and oxygen atoms in total. The molecule has 0 amide bonds. The first-order valence-corrected chi connectivity index (χ1v) is 7.90. The molecule has 2 unspecified atom stereocenters. The summed E-state index contributed by atoms with van der Waals surface area (Å²) in [4.78, 5) is 0. The zero-order valence-corrected chi connectivity index (χ0v) is 11.9. The molecule has 15 heavy (non-hydrogen) atoms. The Kier molecular flexibility index (Phi) is 9.44. The Labute approximate surface area is 105 Å². The standard InChI is InChI=1S/C10H19NOS3/c1-4-9(2)14-10(13)11-7-5-6-8-15(3)12/h6,8-9H,4-5,7H2,1-3H3,(H,11,13)/b8-6+. The summed E-state index contributed by atoms with van der Waals surface area (Å²) >= 11 is 6.87. The molecule has 2 atom stereocenters. The van der Waals surface area contributed by atoms with E-state index in [2.05, 4.69) is 19.2 Å². The van der Waals surface area contributed by atoms with Gasteiger partial charge in [0.05, 0.1) is 0 Å². The van der Waals surface area contributed by atoms with E-state index in [0.29, 0.717) is 5.25 Å². The van der Waals surface area contributed by atoms with Crippen molar-refractivity contribution in [2.45, 2.75) is 31.9 Å². The maximum atomic E-state index is 10.7. The summed E-state index contributed by atoms with van der Waals surface area (Å²) in [5.41, 5.74) is 0. The fourth-order valence-corrected chi connectivity index (χ4v) is 2.49. The minimum Gasteiger partial charge on any atom is -0.371 e. The van der Waals surface area contributed by atoms with E-state index < -0.39 is 10.8 Å². The van der Waals surface area contributed by atoms with Gasteiger partial charge in [-0.25, -0.2) is 0 Å². The van der Waals surface area contributed by atoms with Gasteiger partial charge in [0.1, 0.15) is 4.32 Å². The van der Waals surface area contributed by atoms with Crippen molar-refractivity contribution >= 4 is 39.1 Å². The second kappa shape index (κ2) is 9.36. The van der Waals surface area contributed by atoms with Gasteiger partial charge in [-0.3, -0.25) is 4.21 Å². The molecule has 0 aliphatic carbocycles. The number of rotatable bonds is 6. The summed E-state index contributed by atoms with van der Waals surface area (Å²) < 4.78 is 11.6. The van der Waals surface area contributed by atoms with E-state index in [1.807, 2.05) is 6.08 Å². The maximum Gasteiger partial charge on any atom is 0.134 e. The molecule has 0 bridgehead atoms. The molecule has 0 heterocycles. The Balaban J connectivity index is 3.51. The third kappa shape index (κ3) is 10.4. The highest BCUT2D eigenvalue weighted by molar-refractivity contribution is 8.23. The van der Waals surface area contributed by atoms with Crippen LogP contribution >= 0.6 is 24.0 Å². The highest BCUT2D eigenvalue weighted by atomic mass is 32.2. The summed E-state index contributed by atoms with van der Waals surface area (Å²) in [5, 5.41) is 5.44. The molecule has 0 saturated heterocycles. The number of hydrogen-bond acceptors (Lipinski definition) is 3. The van der Waals surface area contributed by atoms with Crippen molar-refractivity contribution in [3.63, 3.8) is 0 Å². The summed E-state index contributed by atoms with van der Waals surface area (Å²) in [7, 11) is -0.837. The molecule has 5 heteroatoms. The second-order valence-electron chi connectivity index (χ2n) is 3.21. The normalized spacial score (nSPS) is 15.1. The molecule has 88 valence electrons. The van der Waals surface area contributed by atoms with Gasteiger partial charge < -0.3 is 5.32 Å². The average molecular weight is 265 g/mol. The first-order chi connectivity index (χ1) is 7.06. The molecular weight excluding hydrogens is 246 g/mol. The Morgan fingerprint density at radius 2 is 2.33 bits per heavy atom. The van der Waals surface area contributed by atoms with Crippen molar-refractivity contribution in [1.82, 2.24) is 5.32 Å². The van der Waals surface area contributed by atoms with Crippen LogP contribution in [-0.4, -0.2) is 26.6 Å². The van der Waals surface area contributed by atoms with E-state index >= 15 is 0 Å². The monoisotopic (exact) mass is 265 g/mol. The van der Waals surface area contributed by atoms with Crippen LogP contribution in [0.25, 0.3) is 0 Å². The number of thioether (sulfide) groups is 1. The van der Waals surface area contributed by atoms with Gasteiger partial charge in [-0.15, -0.1) is 0 Å². The molecule has 0 aliphatic rings. The summed E-state index contributed by atoms with van der Waals surface area (Å²) in [6, 6.07) is 0. The van der Waals surface area contributed by atoms with Gasteiger partial charge in [-0.1, -0.05) is 43.9 Å². The van der Waals surface area contributed by atoms with Gasteiger partial charge in [0.2, 0.25) is 0 Å². The van der Waals surface area contributed by atoms with Crippen LogP contribution in [0.2, 0.25) is 0 Å². The lowest BCUT2D eigenvalue weighted by atomic mass is 10.4. The Morgan fingerprint density at radius 1 is 1.67 bits per heavy atom. The van der Waals surface area contributed by atoms with Crippen LogP contribution in [0.5, 0.6) is 0 Å². The predicted molar refractivity (Wildman–Crippen MR) is 75.8 cm³/mol. The highest BCUT2D eigenvalue weighted by Gasteiger charge is 2.02. The van der Waals surface area contributed by atoms with E-state index in [9.17, 15) is 4.21 Å². The Morgan fingerprint density at radius 3 is 2.87 bits per heavy atom. The largest absolute Gasteiger partial charge is 0.371 e. The number of nitrogens with one attached hydrogen (secondary N) is 1. The number of thiocarbonyl (C=S) groups is 1. The highest BCUT2D eigenvalue weighted by Crippen LogP contribution is 2.14. The SMILES string of the molecule is CCC(C)SC(=S)NCC/C=C/S(C)=O. The molecule has 0 radical (unpaired) electrons. The van der Waals surface area contributed by atoms with E-state index in [4.69, 9.17) is 12.2 Å². The first-order valence-electron chi connectivity index (χ1n) is 4.99. The molecule has 0 fully saturated rings. The van der Waals surface area contributed by atoms with Crippen LogP contribution in [-0.2, 0) is 10.8 Å². The van der Waals surface area contributed by atoms with Crippen LogP contribution in [0.1, 0.15) is 26.7 Å². The molecule has 0 rings (SSSR count). The lowest BCUT2D eigenvalue weighted by Gasteiger charge is -2.10. The van der Waals surface area contributed by atoms with Gasteiger partial charge in [0.25, 0.3) is 0 Å². The van der Waals surface area contributed by atoms with Crippen molar-refractivity contribution < 1.29 is 4.21 Å². The topological polar surface area (TPSA) is 29.1 Å². The third-order valence-corrected chi connectivity index (χ3v) is 3.85. The third-order valence-electron chi connectivity index (χ3n) is 1.75. The van der Waals surface area contributed by atoms with Gasteiger partial charge in [0, 0.05) is 28.9 Å². The minimum absolute atomic E-state index is 0.573. The smallest absolute Gasteiger partial charge is 0.134 e.